The van der Waals surface area contributed by atoms with E-state index < -0.39 is 5.91 Å². The highest BCUT2D eigenvalue weighted by atomic mass is 32.2. The maximum absolute atomic E-state index is 12.5. The molecule has 0 bridgehead atoms. The molecule has 2 rings (SSSR count). The average Bonchev–Trinajstić information content (AvgIpc) is 2.49. The summed E-state index contributed by atoms with van der Waals surface area (Å²) < 4.78 is 0. The summed E-state index contributed by atoms with van der Waals surface area (Å²) in [5.74, 6) is -0.454. The summed E-state index contributed by atoms with van der Waals surface area (Å²) in [7, 11) is 0. The molecule has 0 spiro atoms. The van der Waals surface area contributed by atoms with Gasteiger partial charge in [-0.3, -0.25) is 9.59 Å². The molecule has 3 N–H and O–H groups in total. The van der Waals surface area contributed by atoms with E-state index in [-0.39, 0.29) is 11.7 Å². The number of primary amides is 1. The quantitative estimate of drug-likeness (QED) is 0.833. The third kappa shape index (κ3) is 4.11. The number of rotatable bonds is 5. The topological polar surface area (TPSA) is 72.2 Å². The summed E-state index contributed by atoms with van der Waals surface area (Å²) >= 11 is 1.27. The van der Waals surface area contributed by atoms with E-state index in [4.69, 9.17) is 5.73 Å². The Hall–Kier alpha value is -2.27. The van der Waals surface area contributed by atoms with Crippen LogP contribution in [0.4, 0.5) is 5.69 Å². The van der Waals surface area contributed by atoms with Gasteiger partial charge in [0.25, 0.3) is 5.91 Å². The molecule has 0 aliphatic heterocycles. The van der Waals surface area contributed by atoms with Crippen LogP contribution < -0.4 is 11.1 Å². The Morgan fingerprint density at radius 3 is 2.59 bits per heavy atom. The van der Waals surface area contributed by atoms with Crippen LogP contribution in [0.3, 0.4) is 0 Å². The molecule has 0 aliphatic carbocycles. The first kappa shape index (κ1) is 16.1. The third-order valence-corrected chi connectivity index (χ3v) is 4.24. The molecule has 2 amide bonds. The van der Waals surface area contributed by atoms with Gasteiger partial charge in [-0.1, -0.05) is 24.3 Å². The van der Waals surface area contributed by atoms with Crippen molar-refractivity contribution < 1.29 is 9.59 Å². The van der Waals surface area contributed by atoms with Crippen LogP contribution in [0, 0.1) is 13.8 Å². The summed E-state index contributed by atoms with van der Waals surface area (Å²) in [4.78, 5) is 24.2. The lowest BCUT2D eigenvalue weighted by Gasteiger charge is -2.12. The Morgan fingerprint density at radius 1 is 1.14 bits per heavy atom. The van der Waals surface area contributed by atoms with Crippen LogP contribution in [0.5, 0.6) is 0 Å². The molecule has 0 aromatic heterocycles. The van der Waals surface area contributed by atoms with Gasteiger partial charge in [0, 0.05) is 10.6 Å². The SMILES string of the molecule is Cc1ccc(C)c(NC(=O)c2ccccc2SCC(N)=O)c1. The van der Waals surface area contributed by atoms with Gasteiger partial charge in [-0.25, -0.2) is 0 Å². The van der Waals surface area contributed by atoms with E-state index in [1.807, 2.05) is 44.2 Å². The number of thioether (sulfide) groups is 1. The second-order valence-corrected chi connectivity index (χ2v) is 6.04. The number of carbonyl (C=O) groups excluding carboxylic acids is 2. The van der Waals surface area contributed by atoms with Gasteiger partial charge in [0.2, 0.25) is 5.91 Å². The van der Waals surface area contributed by atoms with E-state index in [0.717, 1.165) is 21.7 Å². The number of anilines is 1. The van der Waals surface area contributed by atoms with E-state index in [2.05, 4.69) is 5.32 Å². The van der Waals surface area contributed by atoms with Crippen LogP contribution >= 0.6 is 11.8 Å². The number of hydrogen-bond donors (Lipinski definition) is 2. The summed E-state index contributed by atoms with van der Waals surface area (Å²) in [5.41, 5.74) is 8.58. The molecule has 0 unspecified atom stereocenters. The molecule has 2 aromatic rings. The Morgan fingerprint density at radius 2 is 1.86 bits per heavy atom. The number of nitrogens with two attached hydrogens (primary N) is 1. The van der Waals surface area contributed by atoms with Crippen molar-refractivity contribution in [1.82, 2.24) is 0 Å². The van der Waals surface area contributed by atoms with Gasteiger partial charge in [0.05, 0.1) is 11.3 Å². The molecular formula is C17H18N2O2S. The van der Waals surface area contributed by atoms with Crippen molar-refractivity contribution in [2.24, 2.45) is 5.73 Å². The van der Waals surface area contributed by atoms with Crippen LogP contribution in [0.1, 0.15) is 21.5 Å². The molecule has 22 heavy (non-hydrogen) atoms. The van der Waals surface area contributed by atoms with Crippen LogP contribution in [-0.2, 0) is 4.79 Å². The van der Waals surface area contributed by atoms with Crippen molar-refractivity contribution in [1.29, 1.82) is 0 Å². The molecule has 4 nitrogen and oxygen atoms in total. The van der Waals surface area contributed by atoms with Crippen molar-refractivity contribution in [2.75, 3.05) is 11.1 Å². The average molecular weight is 314 g/mol. The van der Waals surface area contributed by atoms with E-state index in [0.29, 0.717) is 5.56 Å². The molecule has 0 aliphatic rings. The number of carbonyl (C=O) groups is 2. The van der Waals surface area contributed by atoms with Crippen LogP contribution in [0.2, 0.25) is 0 Å². The van der Waals surface area contributed by atoms with Gasteiger partial charge in [0.15, 0.2) is 0 Å². The van der Waals surface area contributed by atoms with Crippen molar-refractivity contribution in [3.8, 4) is 0 Å². The summed E-state index contributed by atoms with van der Waals surface area (Å²) in [6.07, 6.45) is 0. The monoisotopic (exact) mass is 314 g/mol. The molecule has 0 saturated carbocycles. The molecule has 5 heteroatoms. The minimum absolute atomic E-state index is 0.147. The fourth-order valence-corrected chi connectivity index (χ4v) is 2.78. The number of nitrogens with one attached hydrogen (secondary N) is 1. The zero-order valence-electron chi connectivity index (χ0n) is 12.6. The zero-order chi connectivity index (χ0) is 16.1. The standard InChI is InChI=1S/C17H18N2O2S/c1-11-7-8-12(2)14(9-11)19-17(21)13-5-3-4-6-15(13)22-10-16(18)20/h3-9H,10H2,1-2H3,(H2,18,20)(H,19,21). The summed E-state index contributed by atoms with van der Waals surface area (Å²) in [6, 6.07) is 13.1. The first-order chi connectivity index (χ1) is 10.5. The largest absolute Gasteiger partial charge is 0.369 e. The molecule has 0 heterocycles. The predicted molar refractivity (Wildman–Crippen MR) is 90.2 cm³/mol. The van der Waals surface area contributed by atoms with E-state index in [1.165, 1.54) is 11.8 Å². The molecule has 114 valence electrons. The Labute approximate surface area is 134 Å². The molecule has 0 radical (unpaired) electrons. The highest BCUT2D eigenvalue weighted by molar-refractivity contribution is 8.00. The Balaban J connectivity index is 2.22. The zero-order valence-corrected chi connectivity index (χ0v) is 13.4. The summed E-state index contributed by atoms with van der Waals surface area (Å²) in [5, 5.41) is 2.93. The van der Waals surface area contributed by atoms with Gasteiger partial charge in [-0.2, -0.15) is 0 Å². The maximum Gasteiger partial charge on any atom is 0.256 e. The molecule has 0 saturated heterocycles. The van der Waals surface area contributed by atoms with Gasteiger partial charge < -0.3 is 11.1 Å². The number of benzene rings is 2. The van der Waals surface area contributed by atoms with Crippen molar-refractivity contribution in [2.45, 2.75) is 18.7 Å². The summed E-state index contributed by atoms with van der Waals surface area (Å²) in [6.45, 7) is 3.93. The minimum atomic E-state index is -0.408. The highest BCUT2D eigenvalue weighted by Gasteiger charge is 2.13. The lowest BCUT2D eigenvalue weighted by Crippen LogP contribution is -2.16. The molecule has 2 aromatic carbocycles. The Bertz CT molecular complexity index is 714. The normalized spacial score (nSPS) is 10.3. The number of aryl methyl sites for hydroxylation is 2. The van der Waals surface area contributed by atoms with E-state index in [1.54, 1.807) is 12.1 Å². The molecule has 0 fully saturated rings. The smallest absolute Gasteiger partial charge is 0.256 e. The highest BCUT2D eigenvalue weighted by Crippen LogP contribution is 2.24. The van der Waals surface area contributed by atoms with Gasteiger partial charge >= 0.3 is 0 Å². The van der Waals surface area contributed by atoms with Gasteiger partial charge in [-0.15, -0.1) is 11.8 Å². The second kappa shape index (κ2) is 7.13. The van der Waals surface area contributed by atoms with Crippen molar-refractivity contribution in [3.63, 3.8) is 0 Å². The minimum Gasteiger partial charge on any atom is -0.369 e. The first-order valence-corrected chi connectivity index (χ1v) is 7.84. The van der Waals surface area contributed by atoms with Crippen LogP contribution in [0.15, 0.2) is 47.4 Å². The van der Waals surface area contributed by atoms with Crippen LogP contribution in [0.25, 0.3) is 0 Å². The van der Waals surface area contributed by atoms with Crippen molar-refractivity contribution >= 4 is 29.3 Å². The lowest BCUT2D eigenvalue weighted by molar-refractivity contribution is -0.115. The predicted octanol–water partition coefficient (Wildman–Crippen LogP) is 3.13. The fraction of sp³-hybridized carbons (Fsp3) is 0.176. The van der Waals surface area contributed by atoms with E-state index >= 15 is 0 Å². The number of hydrogen-bond acceptors (Lipinski definition) is 3. The van der Waals surface area contributed by atoms with Crippen LogP contribution in [-0.4, -0.2) is 17.6 Å². The second-order valence-electron chi connectivity index (χ2n) is 5.02. The molecular weight excluding hydrogens is 296 g/mol. The lowest BCUT2D eigenvalue weighted by atomic mass is 10.1. The molecule has 0 atom stereocenters. The fourth-order valence-electron chi connectivity index (χ4n) is 1.99. The first-order valence-electron chi connectivity index (χ1n) is 6.86. The van der Waals surface area contributed by atoms with Gasteiger partial charge in [0.1, 0.15) is 0 Å². The Kier molecular flexibility index (Phi) is 5.22. The van der Waals surface area contributed by atoms with E-state index in [9.17, 15) is 9.59 Å². The number of amides is 2. The van der Waals surface area contributed by atoms with Gasteiger partial charge in [-0.05, 0) is 43.2 Å². The third-order valence-electron chi connectivity index (χ3n) is 3.14. The maximum atomic E-state index is 12.5. The van der Waals surface area contributed by atoms with Crippen molar-refractivity contribution in [3.05, 3.63) is 59.2 Å².